The van der Waals surface area contributed by atoms with E-state index in [4.69, 9.17) is 4.98 Å². The van der Waals surface area contributed by atoms with Crippen molar-refractivity contribution in [2.24, 2.45) is 0 Å². The fraction of sp³-hybridized carbons (Fsp3) is 0.316. The van der Waals surface area contributed by atoms with E-state index < -0.39 is 0 Å². The molecule has 1 aliphatic rings. The molecule has 1 saturated heterocycles. The van der Waals surface area contributed by atoms with Crippen LogP contribution in [0.1, 0.15) is 36.6 Å². The van der Waals surface area contributed by atoms with E-state index in [1.807, 2.05) is 17.6 Å². The van der Waals surface area contributed by atoms with E-state index in [-0.39, 0.29) is 0 Å². The highest BCUT2D eigenvalue weighted by molar-refractivity contribution is 7.13. The highest BCUT2D eigenvalue weighted by Crippen LogP contribution is 2.31. The average molecular weight is 351 g/mol. The highest BCUT2D eigenvalue weighted by Gasteiger charge is 2.25. The number of hydrogen-bond acceptors (Lipinski definition) is 6. The van der Waals surface area contributed by atoms with Crippen LogP contribution >= 0.6 is 11.3 Å². The largest absolute Gasteiger partial charge is 0.300 e. The lowest BCUT2D eigenvalue weighted by Gasteiger charge is -2.35. The molecular weight excluding hydrogens is 330 g/mol. The smallest absolute Gasteiger partial charge is 0.229 e. The number of hydrogen-bond donors (Lipinski definition) is 1. The Labute approximate surface area is 151 Å². The van der Waals surface area contributed by atoms with Crippen molar-refractivity contribution in [3.8, 4) is 0 Å². The Morgan fingerprint density at radius 3 is 2.84 bits per heavy atom. The van der Waals surface area contributed by atoms with Crippen LogP contribution in [0.15, 0.2) is 54.2 Å². The van der Waals surface area contributed by atoms with Crippen LogP contribution in [-0.2, 0) is 6.54 Å². The Morgan fingerprint density at radius 2 is 2.00 bits per heavy atom. The molecule has 0 aliphatic carbocycles. The van der Waals surface area contributed by atoms with Crippen LogP contribution in [-0.4, -0.2) is 26.4 Å². The minimum absolute atomic E-state index is 0.341. The van der Waals surface area contributed by atoms with Crippen LogP contribution in [0.4, 0.5) is 11.1 Å². The summed E-state index contributed by atoms with van der Waals surface area (Å²) in [6.07, 6.45) is 7.25. The summed E-state index contributed by atoms with van der Waals surface area (Å²) in [4.78, 5) is 15.9. The van der Waals surface area contributed by atoms with E-state index in [9.17, 15) is 0 Å². The second-order valence-corrected chi connectivity index (χ2v) is 7.13. The molecule has 1 atom stereocenters. The number of thiazole rings is 1. The first-order valence-electron chi connectivity index (χ1n) is 8.66. The third-order valence-corrected chi connectivity index (χ3v) is 5.20. The quantitative estimate of drug-likeness (QED) is 0.738. The maximum Gasteiger partial charge on any atom is 0.229 e. The third kappa shape index (κ3) is 4.03. The topological polar surface area (TPSA) is 53.9 Å². The van der Waals surface area contributed by atoms with Gasteiger partial charge in [-0.3, -0.25) is 4.90 Å². The predicted octanol–water partition coefficient (Wildman–Crippen LogP) is 4.40. The average Bonchev–Trinajstić information content (AvgIpc) is 3.16. The van der Waals surface area contributed by atoms with Crippen molar-refractivity contribution in [2.45, 2.75) is 31.8 Å². The second kappa shape index (κ2) is 7.72. The molecule has 0 amide bonds. The zero-order chi connectivity index (χ0) is 16.9. The van der Waals surface area contributed by atoms with Crippen molar-refractivity contribution in [3.63, 3.8) is 0 Å². The Morgan fingerprint density at radius 1 is 1.08 bits per heavy atom. The summed E-state index contributed by atoms with van der Waals surface area (Å²) < 4.78 is 0. The molecular formula is C19H21N5S. The van der Waals surface area contributed by atoms with Crippen molar-refractivity contribution in [3.05, 3.63) is 65.4 Å². The second-order valence-electron chi connectivity index (χ2n) is 6.24. The van der Waals surface area contributed by atoms with Gasteiger partial charge in [-0.1, -0.05) is 36.8 Å². The van der Waals surface area contributed by atoms with Crippen LogP contribution in [0.25, 0.3) is 0 Å². The van der Waals surface area contributed by atoms with Crippen molar-refractivity contribution in [2.75, 3.05) is 11.9 Å². The van der Waals surface area contributed by atoms with Gasteiger partial charge in [0.2, 0.25) is 5.95 Å². The molecule has 1 N–H and O–H groups in total. The molecule has 25 heavy (non-hydrogen) atoms. The Balaban J connectivity index is 1.53. The van der Waals surface area contributed by atoms with E-state index in [1.54, 1.807) is 17.5 Å². The molecule has 1 aromatic carbocycles. The van der Waals surface area contributed by atoms with E-state index in [0.717, 1.165) is 30.3 Å². The molecule has 3 heterocycles. The first-order valence-corrected chi connectivity index (χ1v) is 9.54. The van der Waals surface area contributed by atoms with Crippen LogP contribution in [0.3, 0.4) is 0 Å². The van der Waals surface area contributed by atoms with Crippen molar-refractivity contribution in [1.29, 1.82) is 0 Å². The SMILES string of the molecule is c1ccc(CN2CCCC[C@H]2c2ccnc(Nc3nccs3)n2)cc1. The van der Waals surface area contributed by atoms with Gasteiger partial charge >= 0.3 is 0 Å². The van der Waals surface area contributed by atoms with Gasteiger partial charge in [0.1, 0.15) is 0 Å². The molecule has 1 aliphatic heterocycles. The minimum atomic E-state index is 0.341. The maximum atomic E-state index is 4.77. The van der Waals surface area contributed by atoms with Crippen molar-refractivity contribution in [1.82, 2.24) is 19.9 Å². The highest BCUT2D eigenvalue weighted by atomic mass is 32.1. The fourth-order valence-corrected chi connectivity index (χ4v) is 3.85. The minimum Gasteiger partial charge on any atom is -0.300 e. The standard InChI is InChI=1S/C19H21N5S/c1-2-6-15(7-3-1)14-24-12-5-4-8-17(24)16-9-10-20-18(22-16)23-19-21-11-13-25-19/h1-3,6-7,9-11,13,17H,4-5,8,12,14H2,(H,20,21,22,23)/t17-/m0/s1. The molecule has 5 nitrogen and oxygen atoms in total. The van der Waals surface area contributed by atoms with Gasteiger partial charge in [-0.2, -0.15) is 0 Å². The van der Waals surface area contributed by atoms with Gasteiger partial charge in [0, 0.05) is 24.3 Å². The molecule has 128 valence electrons. The number of nitrogens with one attached hydrogen (secondary N) is 1. The predicted molar refractivity (Wildman–Crippen MR) is 101 cm³/mol. The molecule has 0 spiro atoms. The summed E-state index contributed by atoms with van der Waals surface area (Å²) in [5.41, 5.74) is 2.44. The molecule has 0 bridgehead atoms. The lowest BCUT2D eigenvalue weighted by atomic mass is 9.98. The van der Waals surface area contributed by atoms with Gasteiger partial charge in [-0.15, -0.1) is 11.3 Å². The van der Waals surface area contributed by atoms with E-state index in [2.05, 4.69) is 50.5 Å². The third-order valence-electron chi connectivity index (χ3n) is 4.51. The lowest BCUT2D eigenvalue weighted by molar-refractivity contribution is 0.137. The van der Waals surface area contributed by atoms with Crippen LogP contribution < -0.4 is 5.32 Å². The normalized spacial score (nSPS) is 18.2. The summed E-state index contributed by atoms with van der Waals surface area (Å²) >= 11 is 1.55. The van der Waals surface area contributed by atoms with Crippen LogP contribution in [0.2, 0.25) is 0 Å². The fourth-order valence-electron chi connectivity index (χ4n) is 3.33. The summed E-state index contributed by atoms with van der Waals surface area (Å²) in [5, 5.41) is 5.96. The lowest BCUT2D eigenvalue weighted by Crippen LogP contribution is -2.33. The van der Waals surface area contributed by atoms with Gasteiger partial charge in [0.15, 0.2) is 5.13 Å². The monoisotopic (exact) mass is 351 g/mol. The molecule has 0 radical (unpaired) electrons. The Hall–Kier alpha value is -2.31. The first kappa shape index (κ1) is 16.2. The molecule has 3 aromatic rings. The molecule has 2 aromatic heterocycles. The zero-order valence-corrected chi connectivity index (χ0v) is 14.8. The summed E-state index contributed by atoms with van der Waals surface area (Å²) in [7, 11) is 0. The Bertz CT molecular complexity index is 791. The summed E-state index contributed by atoms with van der Waals surface area (Å²) in [5.74, 6) is 0.623. The van der Waals surface area contributed by atoms with Crippen molar-refractivity contribution >= 4 is 22.4 Å². The van der Waals surface area contributed by atoms with E-state index in [1.165, 1.54) is 18.4 Å². The number of nitrogens with zero attached hydrogens (tertiary/aromatic N) is 4. The molecule has 0 saturated carbocycles. The molecule has 0 unspecified atom stereocenters. The number of rotatable bonds is 5. The van der Waals surface area contributed by atoms with Gasteiger partial charge in [0.25, 0.3) is 0 Å². The van der Waals surface area contributed by atoms with E-state index in [0.29, 0.717) is 12.0 Å². The molecule has 6 heteroatoms. The van der Waals surface area contributed by atoms with Gasteiger partial charge in [-0.05, 0) is 31.0 Å². The Kier molecular flexibility index (Phi) is 4.99. The number of piperidine rings is 1. The van der Waals surface area contributed by atoms with Gasteiger partial charge in [0.05, 0.1) is 11.7 Å². The number of anilines is 2. The first-order chi connectivity index (χ1) is 12.4. The van der Waals surface area contributed by atoms with Crippen LogP contribution in [0, 0.1) is 0 Å². The number of benzene rings is 1. The molecule has 1 fully saturated rings. The van der Waals surface area contributed by atoms with Crippen LogP contribution in [0.5, 0.6) is 0 Å². The number of aromatic nitrogens is 3. The van der Waals surface area contributed by atoms with Gasteiger partial charge < -0.3 is 5.32 Å². The van der Waals surface area contributed by atoms with Crippen molar-refractivity contribution < 1.29 is 0 Å². The molecule has 4 rings (SSSR count). The van der Waals surface area contributed by atoms with Gasteiger partial charge in [-0.25, -0.2) is 15.0 Å². The maximum absolute atomic E-state index is 4.77. The summed E-state index contributed by atoms with van der Waals surface area (Å²) in [6, 6.07) is 13.1. The summed E-state index contributed by atoms with van der Waals surface area (Å²) in [6.45, 7) is 2.07. The van der Waals surface area contributed by atoms with E-state index >= 15 is 0 Å². The zero-order valence-electron chi connectivity index (χ0n) is 14.0. The number of likely N-dealkylation sites (tertiary alicyclic amines) is 1.